The van der Waals surface area contributed by atoms with Crippen LogP contribution in [-0.2, 0) is 4.74 Å². The molecule has 0 aliphatic rings. The largest absolute Gasteiger partial charge is 0.383 e. The monoisotopic (exact) mass is 380 g/mol. The lowest BCUT2D eigenvalue weighted by molar-refractivity contribution is 0.210. The van der Waals surface area contributed by atoms with Crippen molar-refractivity contribution in [1.29, 1.82) is 0 Å². The van der Waals surface area contributed by atoms with Gasteiger partial charge in [-0.15, -0.1) is 0 Å². The second kappa shape index (κ2) is 11.5. The van der Waals surface area contributed by atoms with Crippen LogP contribution < -0.4 is 10.6 Å². The second-order valence-electron chi connectivity index (χ2n) is 5.72. The number of aromatic amines is 1. The Morgan fingerprint density at radius 2 is 1.75 bits per heavy atom. The van der Waals surface area contributed by atoms with E-state index in [9.17, 15) is 0 Å². The van der Waals surface area contributed by atoms with Crippen LogP contribution in [0.4, 0.5) is 17.5 Å². The highest BCUT2D eigenvalue weighted by Gasteiger charge is 2.05. The minimum absolute atomic E-state index is 0.598. The molecule has 0 radical (unpaired) electrons. The summed E-state index contributed by atoms with van der Waals surface area (Å²) >= 11 is 0. The molecule has 7 heteroatoms. The molecule has 0 saturated heterocycles. The van der Waals surface area contributed by atoms with Gasteiger partial charge >= 0.3 is 0 Å². The molecule has 0 aliphatic heterocycles. The molecule has 148 valence electrons. The van der Waals surface area contributed by atoms with Crippen molar-refractivity contribution in [3.63, 3.8) is 0 Å². The summed E-state index contributed by atoms with van der Waals surface area (Å²) in [5, 5.41) is 13.5. The average Bonchev–Trinajstić information content (AvgIpc) is 3.13. The van der Waals surface area contributed by atoms with E-state index in [1.165, 1.54) is 0 Å². The summed E-state index contributed by atoms with van der Waals surface area (Å²) in [7, 11) is 1.67. The molecule has 0 saturated carbocycles. The van der Waals surface area contributed by atoms with Gasteiger partial charge in [0.25, 0.3) is 0 Å². The van der Waals surface area contributed by atoms with Crippen molar-refractivity contribution in [1.82, 2.24) is 20.2 Å². The van der Waals surface area contributed by atoms with Crippen LogP contribution in [0.5, 0.6) is 0 Å². The third-order valence-corrected chi connectivity index (χ3v) is 3.54. The number of aryl methyl sites for hydroxylation is 1. The summed E-state index contributed by atoms with van der Waals surface area (Å²) in [6.07, 6.45) is 3.87. The molecule has 2 aromatic heterocycles. The van der Waals surface area contributed by atoms with Gasteiger partial charge in [0.05, 0.1) is 6.61 Å². The third kappa shape index (κ3) is 6.85. The first-order valence-corrected chi connectivity index (χ1v) is 9.37. The highest BCUT2D eigenvalue weighted by Crippen LogP contribution is 2.17. The quantitative estimate of drug-likeness (QED) is 0.499. The van der Waals surface area contributed by atoms with Gasteiger partial charge in [0, 0.05) is 31.5 Å². The lowest BCUT2D eigenvalue weighted by Crippen LogP contribution is -2.10. The van der Waals surface area contributed by atoms with Gasteiger partial charge in [0.15, 0.2) is 11.6 Å². The molecular formula is C21H28N6O. The fraction of sp³-hybridized carbons (Fsp3) is 0.286. The number of methoxy groups -OCH3 is 1. The third-order valence-electron chi connectivity index (χ3n) is 3.54. The van der Waals surface area contributed by atoms with E-state index in [2.05, 4.69) is 30.8 Å². The van der Waals surface area contributed by atoms with E-state index < -0.39 is 0 Å². The Morgan fingerprint density at radius 3 is 2.43 bits per heavy atom. The van der Waals surface area contributed by atoms with E-state index in [4.69, 9.17) is 4.74 Å². The number of hydrogen-bond acceptors (Lipinski definition) is 6. The first-order chi connectivity index (χ1) is 13.7. The zero-order valence-electron chi connectivity index (χ0n) is 16.9. The second-order valence-corrected chi connectivity index (χ2v) is 5.72. The number of ether oxygens (including phenoxy) is 1. The van der Waals surface area contributed by atoms with Gasteiger partial charge in [-0.1, -0.05) is 50.3 Å². The van der Waals surface area contributed by atoms with E-state index >= 15 is 0 Å². The zero-order valence-corrected chi connectivity index (χ0v) is 16.9. The van der Waals surface area contributed by atoms with Crippen LogP contribution in [0.1, 0.15) is 30.9 Å². The Bertz CT molecular complexity index is 860. The Morgan fingerprint density at radius 1 is 1.00 bits per heavy atom. The van der Waals surface area contributed by atoms with E-state index in [1.54, 1.807) is 7.11 Å². The standard InChI is InChI=1S/C19H22N6O.C2H6/c1-14-12-19(25-24-14)23-18-13-17(20-10-11-26-2)21-16(22-18)9-8-15-6-4-3-5-7-15;1-2/h3-9,12-13H,10-11H2,1-2H3,(H3,20,21,22,23,24,25);1-2H3/b9-8+;. The van der Waals surface area contributed by atoms with Crippen molar-refractivity contribution < 1.29 is 4.74 Å². The lowest BCUT2D eigenvalue weighted by atomic mass is 10.2. The molecule has 3 N–H and O–H groups in total. The summed E-state index contributed by atoms with van der Waals surface area (Å²) in [6.45, 7) is 7.21. The van der Waals surface area contributed by atoms with Crippen molar-refractivity contribution >= 4 is 29.6 Å². The maximum Gasteiger partial charge on any atom is 0.156 e. The Balaban J connectivity index is 0.00000136. The van der Waals surface area contributed by atoms with Crippen molar-refractivity contribution in [3.05, 3.63) is 59.5 Å². The Labute approximate surface area is 166 Å². The number of H-pyrrole nitrogens is 1. The van der Waals surface area contributed by atoms with E-state index in [0.717, 1.165) is 17.1 Å². The highest BCUT2D eigenvalue weighted by atomic mass is 16.5. The smallest absolute Gasteiger partial charge is 0.156 e. The summed E-state index contributed by atoms with van der Waals surface area (Å²) in [5.41, 5.74) is 2.07. The molecule has 3 aromatic rings. The molecule has 0 atom stereocenters. The molecule has 7 nitrogen and oxygen atoms in total. The fourth-order valence-corrected chi connectivity index (χ4v) is 2.32. The van der Waals surface area contributed by atoms with Crippen LogP contribution in [0.15, 0.2) is 42.5 Å². The normalized spacial score (nSPS) is 10.4. The van der Waals surface area contributed by atoms with Crippen LogP contribution in [-0.4, -0.2) is 40.4 Å². The molecule has 0 fully saturated rings. The summed E-state index contributed by atoms with van der Waals surface area (Å²) < 4.78 is 5.08. The summed E-state index contributed by atoms with van der Waals surface area (Å²) in [4.78, 5) is 9.08. The molecule has 0 spiro atoms. The predicted octanol–water partition coefficient (Wildman–Crippen LogP) is 4.51. The van der Waals surface area contributed by atoms with Crippen molar-refractivity contribution in [2.45, 2.75) is 20.8 Å². The number of hydrogen-bond donors (Lipinski definition) is 3. The maximum absolute atomic E-state index is 5.08. The first-order valence-electron chi connectivity index (χ1n) is 9.37. The van der Waals surface area contributed by atoms with Crippen LogP contribution in [0, 0.1) is 6.92 Å². The highest BCUT2D eigenvalue weighted by molar-refractivity contribution is 5.68. The molecule has 0 bridgehead atoms. The lowest BCUT2D eigenvalue weighted by Gasteiger charge is -2.09. The minimum atomic E-state index is 0.598. The summed E-state index contributed by atoms with van der Waals surface area (Å²) in [5.74, 6) is 2.70. The topological polar surface area (TPSA) is 87.8 Å². The average molecular weight is 380 g/mol. The van der Waals surface area contributed by atoms with E-state index in [0.29, 0.717) is 30.6 Å². The fourth-order valence-electron chi connectivity index (χ4n) is 2.32. The number of rotatable bonds is 8. The Kier molecular flexibility index (Phi) is 8.68. The zero-order chi connectivity index (χ0) is 20.2. The number of benzene rings is 1. The van der Waals surface area contributed by atoms with Gasteiger partial charge in [-0.05, 0) is 18.6 Å². The number of aromatic nitrogens is 4. The SMILES string of the molecule is CC.COCCNc1cc(Nc2cc(C)[nH]n2)nc(/C=C/c2ccccc2)n1. The van der Waals surface area contributed by atoms with Gasteiger partial charge in [-0.2, -0.15) is 5.10 Å². The summed E-state index contributed by atoms with van der Waals surface area (Å²) in [6, 6.07) is 13.8. The van der Waals surface area contributed by atoms with Gasteiger partial charge in [0.2, 0.25) is 0 Å². The van der Waals surface area contributed by atoms with Crippen LogP contribution in [0.25, 0.3) is 12.2 Å². The van der Waals surface area contributed by atoms with Gasteiger partial charge in [-0.3, -0.25) is 5.10 Å². The molecule has 28 heavy (non-hydrogen) atoms. The van der Waals surface area contributed by atoms with Crippen molar-refractivity contribution in [2.24, 2.45) is 0 Å². The molecule has 2 heterocycles. The van der Waals surface area contributed by atoms with Gasteiger partial charge < -0.3 is 15.4 Å². The van der Waals surface area contributed by atoms with Gasteiger partial charge in [0.1, 0.15) is 11.6 Å². The molecule has 3 rings (SSSR count). The van der Waals surface area contributed by atoms with Crippen LogP contribution >= 0.6 is 0 Å². The molecule has 1 aromatic carbocycles. The number of nitrogens with one attached hydrogen (secondary N) is 3. The molecule has 0 unspecified atom stereocenters. The maximum atomic E-state index is 5.08. The number of anilines is 3. The van der Waals surface area contributed by atoms with Gasteiger partial charge in [-0.25, -0.2) is 9.97 Å². The molecule has 0 amide bonds. The van der Waals surface area contributed by atoms with E-state index in [1.807, 2.05) is 75.4 Å². The molecule has 0 aliphatic carbocycles. The van der Waals surface area contributed by atoms with E-state index in [-0.39, 0.29) is 0 Å². The van der Waals surface area contributed by atoms with Crippen molar-refractivity contribution in [3.8, 4) is 0 Å². The van der Waals surface area contributed by atoms with Crippen LogP contribution in [0.3, 0.4) is 0 Å². The Hall–Kier alpha value is -3.19. The first kappa shape index (κ1) is 21.1. The number of nitrogens with zero attached hydrogens (tertiary/aromatic N) is 3. The predicted molar refractivity (Wildman–Crippen MR) is 116 cm³/mol. The van der Waals surface area contributed by atoms with Crippen LogP contribution in [0.2, 0.25) is 0 Å². The minimum Gasteiger partial charge on any atom is -0.383 e. The van der Waals surface area contributed by atoms with Crippen molar-refractivity contribution in [2.75, 3.05) is 30.9 Å². The molecular weight excluding hydrogens is 352 g/mol.